The Hall–Kier alpha value is -2.10. The summed E-state index contributed by atoms with van der Waals surface area (Å²) in [6.07, 6.45) is 3.70. The third-order valence-electron chi connectivity index (χ3n) is 4.22. The molecule has 22 heavy (non-hydrogen) atoms. The Morgan fingerprint density at radius 3 is 2.59 bits per heavy atom. The fourth-order valence-electron chi connectivity index (χ4n) is 2.95. The molecule has 1 amide bonds. The average molecular weight is 297 g/mol. The van der Waals surface area contributed by atoms with Crippen LogP contribution in [-0.4, -0.2) is 15.5 Å². The lowest BCUT2D eigenvalue weighted by molar-refractivity contribution is 0.0996. The highest BCUT2D eigenvalue weighted by Gasteiger charge is 2.25. The van der Waals surface area contributed by atoms with Gasteiger partial charge in [0.25, 0.3) is 5.91 Å². The van der Waals surface area contributed by atoms with Crippen LogP contribution in [0.3, 0.4) is 0 Å². The molecule has 1 aliphatic rings. The van der Waals surface area contributed by atoms with Crippen LogP contribution in [-0.2, 0) is 13.5 Å². The van der Waals surface area contributed by atoms with Crippen molar-refractivity contribution in [2.45, 2.75) is 39.0 Å². The lowest BCUT2D eigenvalue weighted by Crippen LogP contribution is -2.19. The van der Waals surface area contributed by atoms with Crippen molar-refractivity contribution in [1.82, 2.24) is 9.55 Å². The van der Waals surface area contributed by atoms with Gasteiger partial charge in [-0.1, -0.05) is 32.0 Å². The van der Waals surface area contributed by atoms with Crippen LogP contribution in [0.25, 0.3) is 0 Å². The van der Waals surface area contributed by atoms with Gasteiger partial charge >= 0.3 is 0 Å². The second-order valence-electron chi connectivity index (χ2n) is 6.46. The number of amides is 1. The highest BCUT2D eigenvalue weighted by atomic mass is 16.1. The van der Waals surface area contributed by atoms with E-state index in [0.717, 1.165) is 12.3 Å². The van der Waals surface area contributed by atoms with Gasteiger partial charge in [0.15, 0.2) is 0 Å². The summed E-state index contributed by atoms with van der Waals surface area (Å²) >= 11 is 0. The lowest BCUT2D eigenvalue weighted by Gasteiger charge is -2.09. The molecule has 0 atom stereocenters. The quantitative estimate of drug-likeness (QED) is 0.926. The van der Waals surface area contributed by atoms with Gasteiger partial charge in [-0.3, -0.25) is 4.79 Å². The fraction of sp³-hybridized carbons (Fsp3) is 0.444. The summed E-state index contributed by atoms with van der Waals surface area (Å²) in [5, 5.41) is 0. The minimum atomic E-state index is -0.203. The lowest BCUT2D eigenvalue weighted by atomic mass is 10.1. The average Bonchev–Trinajstić information content (AvgIpc) is 3.25. The number of rotatable bonds is 4. The van der Waals surface area contributed by atoms with Crippen LogP contribution in [0.2, 0.25) is 0 Å². The molecule has 0 radical (unpaired) electrons. The van der Waals surface area contributed by atoms with E-state index < -0.39 is 0 Å². The van der Waals surface area contributed by atoms with Crippen molar-refractivity contribution in [3.8, 4) is 0 Å². The highest BCUT2D eigenvalue weighted by Crippen LogP contribution is 2.33. The number of nitrogens with one attached hydrogen (secondary N) is 1. The van der Waals surface area contributed by atoms with Crippen molar-refractivity contribution in [2.75, 3.05) is 0 Å². The first-order valence-corrected chi connectivity index (χ1v) is 7.98. The zero-order chi connectivity index (χ0) is 15.7. The maximum atomic E-state index is 12.3. The van der Waals surface area contributed by atoms with Crippen LogP contribution >= 0.6 is 0 Å². The van der Waals surface area contributed by atoms with Gasteiger partial charge < -0.3 is 9.55 Å². The predicted molar refractivity (Wildman–Crippen MR) is 86.6 cm³/mol. The molecule has 3 rings (SSSR count). The summed E-state index contributed by atoms with van der Waals surface area (Å²) in [7, 11) is 1.99. The van der Waals surface area contributed by atoms with Crippen molar-refractivity contribution >= 4 is 5.91 Å². The second-order valence-corrected chi connectivity index (χ2v) is 6.46. The Labute approximate surface area is 130 Å². The summed E-state index contributed by atoms with van der Waals surface area (Å²) in [4.78, 5) is 20.0. The molecule has 116 valence electrons. The largest absolute Gasteiger partial charge is 0.327 e. The molecule has 4 nitrogen and oxygen atoms in total. The number of hydrogen-bond acceptors (Lipinski definition) is 1. The van der Waals surface area contributed by atoms with Gasteiger partial charge in [0.05, 0.1) is 0 Å². The number of imidazole rings is 1. The van der Waals surface area contributed by atoms with Crippen LogP contribution in [0.4, 0.5) is 0 Å². The predicted octanol–water partition coefficient (Wildman–Crippen LogP) is 3.17. The summed E-state index contributed by atoms with van der Waals surface area (Å²) < 4.78 is 2.03. The summed E-state index contributed by atoms with van der Waals surface area (Å²) in [5.74, 6) is 1.00. The van der Waals surface area contributed by atoms with Gasteiger partial charge in [-0.2, -0.15) is 4.99 Å². The highest BCUT2D eigenvalue weighted by molar-refractivity contribution is 5.94. The molecule has 0 spiro atoms. The minimum absolute atomic E-state index is 0.203. The maximum absolute atomic E-state index is 12.3. The molecule has 1 N–H and O–H groups in total. The Morgan fingerprint density at radius 1 is 1.32 bits per heavy atom. The van der Waals surface area contributed by atoms with E-state index >= 15 is 0 Å². The first-order valence-electron chi connectivity index (χ1n) is 7.98. The van der Waals surface area contributed by atoms with Crippen molar-refractivity contribution in [3.63, 3.8) is 0 Å². The molecule has 1 heterocycles. The Bertz CT molecular complexity index is 733. The van der Waals surface area contributed by atoms with Crippen LogP contribution in [0.5, 0.6) is 0 Å². The van der Waals surface area contributed by atoms with Crippen LogP contribution < -0.4 is 5.62 Å². The normalized spacial score (nSPS) is 15.5. The first-order chi connectivity index (χ1) is 10.6. The molecule has 1 saturated carbocycles. The number of H-pyrrole nitrogens is 1. The molecule has 0 saturated heterocycles. The molecule has 1 aromatic heterocycles. The molecule has 0 unspecified atom stereocenters. The summed E-state index contributed by atoms with van der Waals surface area (Å²) in [5.41, 5.74) is 3.76. The van der Waals surface area contributed by atoms with Crippen molar-refractivity contribution in [2.24, 2.45) is 18.0 Å². The van der Waals surface area contributed by atoms with Gasteiger partial charge in [0.1, 0.15) is 0 Å². The van der Waals surface area contributed by atoms with E-state index in [1.54, 1.807) is 12.1 Å². The summed E-state index contributed by atoms with van der Waals surface area (Å²) in [6.45, 7) is 4.37. The van der Waals surface area contributed by atoms with E-state index in [4.69, 9.17) is 0 Å². The van der Waals surface area contributed by atoms with E-state index in [9.17, 15) is 4.79 Å². The van der Waals surface area contributed by atoms with Gasteiger partial charge in [-0.15, -0.1) is 0 Å². The zero-order valence-electron chi connectivity index (χ0n) is 13.5. The third kappa shape index (κ3) is 3.06. The standard InChI is InChI=1S/C18H23N3O/c1-12(2)16-15(11-13-9-10-13)19-18(21(16)3)20-17(22)14-7-5-4-6-8-14/h4-8,12-13H,9-11H2,1-3H3,(H,19,20,22). The topological polar surface area (TPSA) is 50.1 Å². The minimum Gasteiger partial charge on any atom is -0.327 e. The second kappa shape index (κ2) is 5.95. The van der Waals surface area contributed by atoms with E-state index in [1.807, 2.05) is 29.8 Å². The number of nitrogens with zero attached hydrogens (tertiary/aromatic N) is 2. The van der Waals surface area contributed by atoms with Crippen molar-refractivity contribution < 1.29 is 4.79 Å². The van der Waals surface area contributed by atoms with E-state index in [0.29, 0.717) is 17.1 Å². The van der Waals surface area contributed by atoms with Gasteiger partial charge in [0.2, 0.25) is 5.62 Å². The molecule has 1 aliphatic carbocycles. The van der Waals surface area contributed by atoms with Crippen LogP contribution in [0.15, 0.2) is 35.3 Å². The number of aromatic amines is 1. The molecule has 2 aromatic rings. The Morgan fingerprint density at radius 2 is 2.00 bits per heavy atom. The van der Waals surface area contributed by atoms with Crippen LogP contribution in [0.1, 0.15) is 54.4 Å². The van der Waals surface area contributed by atoms with Crippen molar-refractivity contribution in [1.29, 1.82) is 0 Å². The maximum Gasteiger partial charge on any atom is 0.280 e. The molecule has 0 bridgehead atoms. The molecular formula is C18H23N3O. The molecule has 0 aliphatic heterocycles. The van der Waals surface area contributed by atoms with E-state index in [1.165, 1.54) is 24.2 Å². The molecular weight excluding hydrogens is 274 g/mol. The van der Waals surface area contributed by atoms with Crippen LogP contribution in [0, 0.1) is 5.92 Å². The number of carbonyl (C=O) groups excluding carboxylic acids is 1. The number of benzene rings is 1. The molecule has 1 aromatic carbocycles. The third-order valence-corrected chi connectivity index (χ3v) is 4.22. The zero-order valence-corrected chi connectivity index (χ0v) is 13.5. The van der Waals surface area contributed by atoms with E-state index in [2.05, 4.69) is 23.8 Å². The van der Waals surface area contributed by atoms with Gasteiger partial charge in [0, 0.05) is 24.0 Å². The van der Waals surface area contributed by atoms with Gasteiger partial charge in [-0.05, 0) is 43.2 Å². The number of aromatic nitrogens is 2. The van der Waals surface area contributed by atoms with Gasteiger partial charge in [-0.25, -0.2) is 0 Å². The monoisotopic (exact) mass is 297 g/mol. The first kappa shape index (κ1) is 14.8. The molecule has 4 heteroatoms. The summed E-state index contributed by atoms with van der Waals surface area (Å²) in [6, 6.07) is 9.20. The van der Waals surface area contributed by atoms with Crippen molar-refractivity contribution in [3.05, 3.63) is 52.9 Å². The Kier molecular flexibility index (Phi) is 4.01. The van der Waals surface area contributed by atoms with E-state index in [-0.39, 0.29) is 5.91 Å². The number of hydrogen-bond donors (Lipinski definition) is 1. The number of carbonyl (C=O) groups is 1. The molecule has 1 fully saturated rings. The fourth-order valence-corrected chi connectivity index (χ4v) is 2.95. The Balaban J connectivity index is 1.99. The SMILES string of the molecule is CC(C)c1c(CC2CC2)[nH]/c(=N\C(=O)c2ccccc2)n1C. The smallest absolute Gasteiger partial charge is 0.280 e.